The van der Waals surface area contributed by atoms with Gasteiger partial charge in [-0.1, -0.05) is 6.07 Å². The first kappa shape index (κ1) is 14.5. The van der Waals surface area contributed by atoms with Crippen LogP contribution >= 0.6 is 0 Å². The van der Waals surface area contributed by atoms with Gasteiger partial charge in [-0.15, -0.1) is 0 Å². The molecule has 1 N–H and O–H groups in total. The van der Waals surface area contributed by atoms with Gasteiger partial charge in [-0.05, 0) is 31.7 Å². The minimum Gasteiger partial charge on any atom is -0.313 e. The van der Waals surface area contributed by atoms with Gasteiger partial charge in [0, 0.05) is 12.2 Å². The molecule has 108 valence electrons. The van der Waals surface area contributed by atoms with Gasteiger partial charge in [-0.3, -0.25) is 0 Å². The molecule has 0 saturated heterocycles. The van der Waals surface area contributed by atoms with E-state index in [-0.39, 0.29) is 11.7 Å². The first-order valence-corrected chi connectivity index (χ1v) is 5.92. The maximum Gasteiger partial charge on any atom is 0.419 e. The Hall–Kier alpha value is -1.89. The molecule has 1 heterocycles. The summed E-state index contributed by atoms with van der Waals surface area (Å²) in [5.41, 5.74) is -0.228. The Morgan fingerprint density at radius 2 is 2.00 bits per heavy atom. The van der Waals surface area contributed by atoms with Gasteiger partial charge in [0.05, 0.1) is 11.8 Å². The highest BCUT2D eigenvalue weighted by Crippen LogP contribution is 2.29. The van der Waals surface area contributed by atoms with Gasteiger partial charge in [0.25, 0.3) is 0 Å². The Kier molecular flexibility index (Phi) is 3.80. The van der Waals surface area contributed by atoms with E-state index in [9.17, 15) is 17.6 Å². The van der Waals surface area contributed by atoms with Crippen molar-refractivity contribution in [2.45, 2.75) is 19.1 Å². The maximum absolute atomic E-state index is 14.0. The summed E-state index contributed by atoms with van der Waals surface area (Å²) in [7, 11) is 1.74. The van der Waals surface area contributed by atoms with Gasteiger partial charge < -0.3 is 5.32 Å². The van der Waals surface area contributed by atoms with Crippen molar-refractivity contribution in [3.8, 4) is 5.69 Å². The quantitative estimate of drug-likeness (QED) is 0.878. The van der Waals surface area contributed by atoms with Crippen LogP contribution in [0.2, 0.25) is 0 Å². The topological polar surface area (TPSA) is 29.9 Å². The number of rotatable bonds is 3. The Morgan fingerprint density at radius 3 is 2.50 bits per heavy atom. The number of aromatic nitrogens is 2. The number of nitrogens with zero attached hydrogens (tertiary/aromatic N) is 2. The molecule has 2 aromatic rings. The van der Waals surface area contributed by atoms with Crippen molar-refractivity contribution in [3.63, 3.8) is 0 Å². The molecule has 0 fully saturated rings. The highest BCUT2D eigenvalue weighted by atomic mass is 19.4. The Labute approximate surface area is 113 Å². The summed E-state index contributed by atoms with van der Waals surface area (Å²) >= 11 is 0. The van der Waals surface area contributed by atoms with Gasteiger partial charge in [0.1, 0.15) is 11.5 Å². The van der Waals surface area contributed by atoms with Crippen molar-refractivity contribution >= 4 is 0 Å². The molecule has 0 radical (unpaired) electrons. The number of halogens is 4. The van der Waals surface area contributed by atoms with Crippen molar-refractivity contribution in [3.05, 3.63) is 47.5 Å². The number of hydrogen-bond donors (Lipinski definition) is 1. The third-order valence-electron chi connectivity index (χ3n) is 3.06. The predicted molar refractivity (Wildman–Crippen MR) is 66.0 cm³/mol. The zero-order chi connectivity index (χ0) is 14.9. The Bertz CT molecular complexity index is 604. The van der Waals surface area contributed by atoms with E-state index in [2.05, 4.69) is 10.4 Å². The van der Waals surface area contributed by atoms with Crippen LogP contribution in [0.3, 0.4) is 0 Å². The molecule has 1 atom stereocenters. The lowest BCUT2D eigenvalue weighted by Gasteiger charge is -2.12. The van der Waals surface area contributed by atoms with Crippen molar-refractivity contribution in [1.29, 1.82) is 0 Å². The summed E-state index contributed by atoms with van der Waals surface area (Å²) in [5, 5.41) is 6.50. The molecule has 0 aliphatic carbocycles. The summed E-state index contributed by atoms with van der Waals surface area (Å²) in [6.45, 7) is 1.85. The lowest BCUT2D eigenvalue weighted by atomic mass is 10.1. The van der Waals surface area contributed by atoms with Crippen LogP contribution < -0.4 is 5.32 Å². The number of hydrogen-bond acceptors (Lipinski definition) is 2. The minimum atomic E-state index is -4.49. The fraction of sp³-hybridized carbons (Fsp3) is 0.308. The molecule has 1 aromatic heterocycles. The van der Waals surface area contributed by atoms with E-state index < -0.39 is 17.6 Å². The molecular formula is C13H13F4N3. The van der Waals surface area contributed by atoms with Crippen LogP contribution in [0.25, 0.3) is 5.69 Å². The van der Waals surface area contributed by atoms with Crippen LogP contribution in [-0.4, -0.2) is 16.8 Å². The number of benzene rings is 1. The van der Waals surface area contributed by atoms with E-state index in [1.807, 2.05) is 6.92 Å². The van der Waals surface area contributed by atoms with Gasteiger partial charge in [0.2, 0.25) is 0 Å². The van der Waals surface area contributed by atoms with E-state index in [4.69, 9.17) is 0 Å². The average molecular weight is 287 g/mol. The van der Waals surface area contributed by atoms with Crippen molar-refractivity contribution in [1.82, 2.24) is 15.1 Å². The van der Waals surface area contributed by atoms with E-state index in [1.165, 1.54) is 12.1 Å². The van der Waals surface area contributed by atoms with Gasteiger partial charge in [-0.2, -0.15) is 18.3 Å². The Balaban J connectivity index is 2.36. The second-order valence-electron chi connectivity index (χ2n) is 4.39. The zero-order valence-electron chi connectivity index (χ0n) is 10.9. The first-order valence-electron chi connectivity index (χ1n) is 5.92. The minimum absolute atomic E-state index is 0.0208. The van der Waals surface area contributed by atoms with Crippen LogP contribution in [0.4, 0.5) is 17.6 Å². The van der Waals surface area contributed by atoms with E-state index in [0.717, 1.165) is 10.9 Å². The molecule has 0 saturated carbocycles. The highest BCUT2D eigenvalue weighted by molar-refractivity contribution is 5.37. The van der Waals surface area contributed by atoms with Crippen molar-refractivity contribution in [2.24, 2.45) is 0 Å². The van der Waals surface area contributed by atoms with Crippen molar-refractivity contribution < 1.29 is 17.6 Å². The number of alkyl halides is 3. The maximum atomic E-state index is 14.0. The van der Waals surface area contributed by atoms with Crippen LogP contribution in [0.15, 0.2) is 30.6 Å². The summed E-state index contributed by atoms with van der Waals surface area (Å²) in [4.78, 5) is 0. The normalized spacial score (nSPS) is 13.5. The summed E-state index contributed by atoms with van der Waals surface area (Å²) < 4.78 is 52.3. The molecule has 0 amide bonds. The second-order valence-corrected chi connectivity index (χ2v) is 4.39. The molecule has 0 aliphatic heterocycles. The largest absolute Gasteiger partial charge is 0.419 e. The smallest absolute Gasteiger partial charge is 0.313 e. The number of nitrogens with one attached hydrogen (secondary N) is 1. The summed E-state index contributed by atoms with van der Waals surface area (Å²) in [5.74, 6) is -0.624. The molecular weight excluding hydrogens is 274 g/mol. The molecule has 20 heavy (non-hydrogen) atoms. The molecule has 3 nitrogen and oxygen atoms in total. The molecule has 1 unspecified atom stereocenters. The van der Waals surface area contributed by atoms with Crippen molar-refractivity contribution in [2.75, 3.05) is 7.05 Å². The highest BCUT2D eigenvalue weighted by Gasteiger charge is 2.32. The van der Waals surface area contributed by atoms with Crippen LogP contribution in [0, 0.1) is 5.82 Å². The molecule has 0 bridgehead atoms. The molecule has 7 heteroatoms. The van der Waals surface area contributed by atoms with Crippen LogP contribution in [0.1, 0.15) is 24.1 Å². The summed E-state index contributed by atoms with van der Waals surface area (Å²) in [6, 6.07) is 4.29. The average Bonchev–Trinajstić information content (AvgIpc) is 2.87. The second kappa shape index (κ2) is 5.24. The molecule has 2 rings (SSSR count). The standard InChI is InChI=1S/C13H13F4N3/c1-8(18-2)9-3-4-12(11(14)5-9)20-7-10(6-19-20)13(15,16)17/h3-8,18H,1-2H3. The van der Waals surface area contributed by atoms with E-state index >= 15 is 0 Å². The third kappa shape index (κ3) is 2.82. The van der Waals surface area contributed by atoms with E-state index in [0.29, 0.717) is 11.8 Å². The lowest BCUT2D eigenvalue weighted by molar-refractivity contribution is -0.137. The fourth-order valence-electron chi connectivity index (χ4n) is 1.75. The van der Waals surface area contributed by atoms with Gasteiger partial charge >= 0.3 is 6.18 Å². The SMILES string of the molecule is CNC(C)c1ccc(-n2cc(C(F)(F)F)cn2)c(F)c1. The zero-order valence-corrected chi connectivity index (χ0v) is 10.9. The Morgan fingerprint density at radius 1 is 1.30 bits per heavy atom. The monoisotopic (exact) mass is 287 g/mol. The van der Waals surface area contributed by atoms with Gasteiger partial charge in [0.15, 0.2) is 0 Å². The van der Waals surface area contributed by atoms with E-state index in [1.54, 1.807) is 13.1 Å². The lowest BCUT2D eigenvalue weighted by Crippen LogP contribution is -2.13. The first-order chi connectivity index (χ1) is 9.32. The van der Waals surface area contributed by atoms with Crippen LogP contribution in [0.5, 0.6) is 0 Å². The third-order valence-corrected chi connectivity index (χ3v) is 3.06. The molecule has 0 spiro atoms. The molecule has 1 aromatic carbocycles. The summed E-state index contributed by atoms with van der Waals surface area (Å²) in [6.07, 6.45) is -3.06. The van der Waals surface area contributed by atoms with Crippen LogP contribution in [-0.2, 0) is 6.18 Å². The fourth-order valence-corrected chi connectivity index (χ4v) is 1.75. The molecule has 0 aliphatic rings. The predicted octanol–water partition coefficient (Wildman–Crippen LogP) is 3.31. The van der Waals surface area contributed by atoms with Gasteiger partial charge in [-0.25, -0.2) is 9.07 Å².